The zero-order valence-electron chi connectivity index (χ0n) is 8.32. The standard InChI is InChI=1S/C11H16N2O/c14-8-5-10-3-4-11(12-9-10)13-6-1-2-7-13/h3-4,9,14H,1-2,5-8H2. The molecule has 0 aromatic carbocycles. The zero-order chi connectivity index (χ0) is 9.80. The van der Waals surface area contributed by atoms with E-state index in [1.54, 1.807) is 0 Å². The fraction of sp³-hybridized carbons (Fsp3) is 0.545. The van der Waals surface area contributed by atoms with Gasteiger partial charge in [0.2, 0.25) is 0 Å². The van der Waals surface area contributed by atoms with Crippen LogP contribution in [-0.4, -0.2) is 29.8 Å². The molecule has 0 aliphatic carbocycles. The van der Waals surface area contributed by atoms with Crippen molar-refractivity contribution in [1.29, 1.82) is 0 Å². The minimum Gasteiger partial charge on any atom is -0.396 e. The fourth-order valence-corrected chi connectivity index (χ4v) is 1.83. The van der Waals surface area contributed by atoms with E-state index in [1.807, 2.05) is 6.20 Å². The molecule has 2 rings (SSSR count). The second kappa shape index (κ2) is 4.42. The first kappa shape index (κ1) is 9.46. The van der Waals surface area contributed by atoms with Crippen LogP contribution in [0.3, 0.4) is 0 Å². The largest absolute Gasteiger partial charge is 0.396 e. The van der Waals surface area contributed by atoms with E-state index in [-0.39, 0.29) is 6.61 Å². The highest BCUT2D eigenvalue weighted by Crippen LogP contribution is 2.17. The molecular weight excluding hydrogens is 176 g/mol. The normalized spacial score (nSPS) is 16.2. The SMILES string of the molecule is OCCc1ccc(N2CCCC2)nc1. The summed E-state index contributed by atoms with van der Waals surface area (Å²) in [5, 5.41) is 8.76. The van der Waals surface area contributed by atoms with Gasteiger partial charge in [-0.3, -0.25) is 0 Å². The summed E-state index contributed by atoms with van der Waals surface area (Å²) in [6, 6.07) is 4.10. The zero-order valence-corrected chi connectivity index (χ0v) is 8.32. The first-order valence-electron chi connectivity index (χ1n) is 5.21. The van der Waals surface area contributed by atoms with Gasteiger partial charge in [0.05, 0.1) is 0 Å². The molecule has 0 bridgehead atoms. The van der Waals surface area contributed by atoms with Crippen molar-refractivity contribution in [2.24, 2.45) is 0 Å². The van der Waals surface area contributed by atoms with Gasteiger partial charge in [-0.1, -0.05) is 6.07 Å². The summed E-state index contributed by atoms with van der Waals surface area (Å²) in [5.41, 5.74) is 1.11. The summed E-state index contributed by atoms with van der Waals surface area (Å²) in [4.78, 5) is 6.70. The quantitative estimate of drug-likeness (QED) is 0.782. The van der Waals surface area contributed by atoms with Crippen molar-refractivity contribution in [3.63, 3.8) is 0 Å². The summed E-state index contributed by atoms with van der Waals surface area (Å²) < 4.78 is 0. The Kier molecular flexibility index (Phi) is 2.99. The van der Waals surface area contributed by atoms with Gasteiger partial charge in [0.1, 0.15) is 5.82 Å². The molecule has 0 saturated carbocycles. The van der Waals surface area contributed by atoms with Crippen LogP contribution in [0, 0.1) is 0 Å². The number of nitrogens with zero attached hydrogens (tertiary/aromatic N) is 2. The van der Waals surface area contributed by atoms with Crippen LogP contribution in [0.1, 0.15) is 18.4 Å². The predicted octanol–water partition coefficient (Wildman–Crippen LogP) is 1.22. The Morgan fingerprint density at radius 3 is 2.64 bits per heavy atom. The van der Waals surface area contributed by atoms with Crippen LogP contribution in [0.2, 0.25) is 0 Å². The molecule has 14 heavy (non-hydrogen) atoms. The van der Waals surface area contributed by atoms with Crippen molar-refractivity contribution in [3.05, 3.63) is 23.9 Å². The minimum atomic E-state index is 0.199. The molecule has 1 aliphatic rings. The Bertz CT molecular complexity index is 278. The van der Waals surface area contributed by atoms with Gasteiger partial charge in [0.25, 0.3) is 0 Å². The van der Waals surface area contributed by atoms with Crippen LogP contribution in [-0.2, 0) is 6.42 Å². The molecule has 0 amide bonds. The average Bonchev–Trinajstić information content (AvgIpc) is 2.72. The molecule has 1 aliphatic heterocycles. The Hall–Kier alpha value is -1.09. The Morgan fingerprint density at radius 2 is 2.07 bits per heavy atom. The van der Waals surface area contributed by atoms with Crippen LogP contribution >= 0.6 is 0 Å². The molecule has 1 saturated heterocycles. The van der Waals surface area contributed by atoms with Crippen LogP contribution in [0.25, 0.3) is 0 Å². The van der Waals surface area contributed by atoms with Gasteiger partial charge < -0.3 is 10.0 Å². The van der Waals surface area contributed by atoms with Crippen molar-refractivity contribution < 1.29 is 5.11 Å². The van der Waals surface area contributed by atoms with Crippen LogP contribution < -0.4 is 4.90 Å². The van der Waals surface area contributed by atoms with Gasteiger partial charge in [-0.2, -0.15) is 0 Å². The molecule has 76 valence electrons. The van der Waals surface area contributed by atoms with Gasteiger partial charge in [-0.05, 0) is 30.9 Å². The third kappa shape index (κ3) is 2.04. The molecule has 3 nitrogen and oxygen atoms in total. The molecule has 0 atom stereocenters. The number of aromatic nitrogens is 1. The van der Waals surface area contributed by atoms with Gasteiger partial charge in [-0.15, -0.1) is 0 Å². The lowest BCUT2D eigenvalue weighted by Crippen LogP contribution is -2.18. The van der Waals surface area contributed by atoms with E-state index >= 15 is 0 Å². The third-order valence-electron chi connectivity index (χ3n) is 2.64. The van der Waals surface area contributed by atoms with E-state index in [9.17, 15) is 0 Å². The van der Waals surface area contributed by atoms with Gasteiger partial charge >= 0.3 is 0 Å². The topological polar surface area (TPSA) is 36.4 Å². The highest BCUT2D eigenvalue weighted by atomic mass is 16.2. The smallest absolute Gasteiger partial charge is 0.128 e. The maximum Gasteiger partial charge on any atom is 0.128 e. The van der Waals surface area contributed by atoms with E-state index in [2.05, 4.69) is 22.0 Å². The monoisotopic (exact) mass is 192 g/mol. The van der Waals surface area contributed by atoms with Crippen LogP contribution in [0.15, 0.2) is 18.3 Å². The van der Waals surface area contributed by atoms with Crippen LogP contribution in [0.4, 0.5) is 5.82 Å². The van der Waals surface area contributed by atoms with E-state index in [1.165, 1.54) is 12.8 Å². The maximum absolute atomic E-state index is 8.76. The van der Waals surface area contributed by atoms with Crippen molar-refractivity contribution in [1.82, 2.24) is 4.98 Å². The predicted molar refractivity (Wildman–Crippen MR) is 56.5 cm³/mol. The molecule has 3 heteroatoms. The van der Waals surface area contributed by atoms with Gasteiger partial charge in [0, 0.05) is 25.9 Å². The number of rotatable bonds is 3. The molecule has 1 aromatic heterocycles. The first-order valence-corrected chi connectivity index (χ1v) is 5.21. The summed E-state index contributed by atoms with van der Waals surface area (Å²) in [7, 11) is 0. The van der Waals surface area contributed by atoms with E-state index in [0.717, 1.165) is 24.5 Å². The number of aliphatic hydroxyl groups is 1. The Labute approximate surface area is 84.4 Å². The molecule has 1 N–H and O–H groups in total. The van der Waals surface area contributed by atoms with E-state index in [0.29, 0.717) is 6.42 Å². The van der Waals surface area contributed by atoms with Crippen molar-refractivity contribution in [2.45, 2.75) is 19.3 Å². The summed E-state index contributed by atoms with van der Waals surface area (Å²) >= 11 is 0. The molecule has 0 radical (unpaired) electrons. The summed E-state index contributed by atoms with van der Waals surface area (Å²) in [6.45, 7) is 2.46. The second-order valence-corrected chi connectivity index (χ2v) is 3.69. The second-order valence-electron chi connectivity index (χ2n) is 3.69. The summed E-state index contributed by atoms with van der Waals surface area (Å²) in [5.74, 6) is 1.07. The van der Waals surface area contributed by atoms with Gasteiger partial charge in [0.15, 0.2) is 0 Å². The molecule has 2 heterocycles. The Morgan fingerprint density at radius 1 is 1.29 bits per heavy atom. The number of hydrogen-bond donors (Lipinski definition) is 1. The molecular formula is C11H16N2O. The first-order chi connectivity index (χ1) is 6.90. The molecule has 1 fully saturated rings. The number of anilines is 1. The third-order valence-corrected chi connectivity index (χ3v) is 2.64. The minimum absolute atomic E-state index is 0.199. The summed E-state index contributed by atoms with van der Waals surface area (Å²) in [6.07, 6.45) is 5.12. The molecule has 0 spiro atoms. The van der Waals surface area contributed by atoms with Crippen molar-refractivity contribution in [3.8, 4) is 0 Å². The fourth-order valence-electron chi connectivity index (χ4n) is 1.83. The maximum atomic E-state index is 8.76. The lowest BCUT2D eigenvalue weighted by Gasteiger charge is -2.15. The average molecular weight is 192 g/mol. The lowest BCUT2D eigenvalue weighted by molar-refractivity contribution is 0.299. The number of hydrogen-bond acceptors (Lipinski definition) is 3. The highest BCUT2D eigenvalue weighted by Gasteiger charge is 2.12. The van der Waals surface area contributed by atoms with Crippen molar-refractivity contribution in [2.75, 3.05) is 24.6 Å². The van der Waals surface area contributed by atoms with E-state index < -0.39 is 0 Å². The highest BCUT2D eigenvalue weighted by molar-refractivity contribution is 5.40. The molecule has 1 aromatic rings. The Balaban J connectivity index is 2.05. The van der Waals surface area contributed by atoms with E-state index in [4.69, 9.17) is 5.11 Å². The number of pyridine rings is 1. The lowest BCUT2D eigenvalue weighted by atomic mass is 10.2. The molecule has 0 unspecified atom stereocenters. The van der Waals surface area contributed by atoms with Gasteiger partial charge in [-0.25, -0.2) is 4.98 Å². The van der Waals surface area contributed by atoms with Crippen molar-refractivity contribution >= 4 is 5.82 Å². The number of aliphatic hydroxyl groups excluding tert-OH is 1. The van der Waals surface area contributed by atoms with Crippen LogP contribution in [0.5, 0.6) is 0 Å².